The van der Waals surface area contributed by atoms with Gasteiger partial charge in [0.1, 0.15) is 0 Å². The Labute approximate surface area is 105 Å². The summed E-state index contributed by atoms with van der Waals surface area (Å²) in [6, 6.07) is -0.172. The SMILES string of the molecule is Cc1csc(CCCNC(=O)NCCCO)n1. The van der Waals surface area contributed by atoms with Crippen LogP contribution in [-0.2, 0) is 6.42 Å². The molecule has 1 aromatic rings. The maximum atomic E-state index is 11.2. The minimum atomic E-state index is -0.172. The Bertz CT molecular complexity index is 341. The maximum Gasteiger partial charge on any atom is 0.314 e. The van der Waals surface area contributed by atoms with Crippen LogP contribution in [0.1, 0.15) is 23.5 Å². The summed E-state index contributed by atoms with van der Waals surface area (Å²) < 4.78 is 0. The van der Waals surface area contributed by atoms with E-state index >= 15 is 0 Å². The second-order valence-corrected chi connectivity index (χ2v) is 4.69. The fraction of sp³-hybridized carbons (Fsp3) is 0.636. The van der Waals surface area contributed by atoms with Crippen LogP contribution in [0.15, 0.2) is 5.38 Å². The van der Waals surface area contributed by atoms with E-state index in [2.05, 4.69) is 15.6 Å². The molecule has 1 rings (SSSR count). The molecule has 0 aliphatic carbocycles. The number of carbonyl (C=O) groups is 1. The van der Waals surface area contributed by atoms with Crippen LogP contribution in [0.4, 0.5) is 4.79 Å². The Balaban J connectivity index is 2.02. The molecular formula is C11H19N3O2S. The van der Waals surface area contributed by atoms with Gasteiger partial charge in [0.25, 0.3) is 0 Å². The molecule has 0 spiro atoms. The van der Waals surface area contributed by atoms with Crippen molar-refractivity contribution in [3.8, 4) is 0 Å². The predicted molar refractivity (Wildman–Crippen MR) is 68.3 cm³/mol. The lowest BCUT2D eigenvalue weighted by Gasteiger charge is -2.05. The van der Waals surface area contributed by atoms with Crippen molar-refractivity contribution >= 4 is 17.4 Å². The highest BCUT2D eigenvalue weighted by Crippen LogP contribution is 2.10. The number of aryl methyl sites for hydroxylation is 2. The quantitative estimate of drug-likeness (QED) is 0.640. The van der Waals surface area contributed by atoms with E-state index in [0.29, 0.717) is 19.5 Å². The zero-order chi connectivity index (χ0) is 12.5. The molecule has 0 radical (unpaired) electrons. The van der Waals surface area contributed by atoms with Crippen LogP contribution < -0.4 is 10.6 Å². The number of aliphatic hydroxyl groups excluding tert-OH is 1. The van der Waals surface area contributed by atoms with Crippen LogP contribution >= 0.6 is 11.3 Å². The van der Waals surface area contributed by atoms with Gasteiger partial charge in [-0.2, -0.15) is 0 Å². The van der Waals surface area contributed by atoms with E-state index in [0.717, 1.165) is 23.5 Å². The molecule has 5 nitrogen and oxygen atoms in total. The molecule has 0 aliphatic heterocycles. The number of carbonyl (C=O) groups excluding carboxylic acids is 1. The first-order valence-corrected chi connectivity index (χ1v) is 6.64. The number of aliphatic hydroxyl groups is 1. The third-order valence-electron chi connectivity index (χ3n) is 2.14. The Morgan fingerprint density at radius 1 is 1.41 bits per heavy atom. The van der Waals surface area contributed by atoms with Gasteiger partial charge >= 0.3 is 6.03 Å². The van der Waals surface area contributed by atoms with Crippen molar-refractivity contribution in [1.29, 1.82) is 0 Å². The monoisotopic (exact) mass is 257 g/mol. The van der Waals surface area contributed by atoms with E-state index < -0.39 is 0 Å². The summed E-state index contributed by atoms with van der Waals surface area (Å²) in [4.78, 5) is 15.6. The van der Waals surface area contributed by atoms with Crippen LogP contribution in [-0.4, -0.2) is 35.8 Å². The summed E-state index contributed by atoms with van der Waals surface area (Å²) in [5.74, 6) is 0. The van der Waals surface area contributed by atoms with Gasteiger partial charge in [0, 0.05) is 37.2 Å². The van der Waals surface area contributed by atoms with E-state index in [1.807, 2.05) is 12.3 Å². The van der Waals surface area contributed by atoms with Gasteiger partial charge in [-0.05, 0) is 19.8 Å². The number of nitrogens with one attached hydrogen (secondary N) is 2. The van der Waals surface area contributed by atoms with E-state index in [1.54, 1.807) is 11.3 Å². The molecule has 0 saturated heterocycles. The fourth-order valence-electron chi connectivity index (χ4n) is 1.30. The van der Waals surface area contributed by atoms with Gasteiger partial charge < -0.3 is 15.7 Å². The maximum absolute atomic E-state index is 11.2. The Morgan fingerprint density at radius 3 is 2.71 bits per heavy atom. The highest BCUT2D eigenvalue weighted by molar-refractivity contribution is 7.09. The van der Waals surface area contributed by atoms with Gasteiger partial charge in [0.05, 0.1) is 5.01 Å². The van der Waals surface area contributed by atoms with Crippen molar-refractivity contribution in [3.05, 3.63) is 16.1 Å². The summed E-state index contributed by atoms with van der Waals surface area (Å²) in [5, 5.41) is 17.1. The standard InChI is InChI=1S/C11H19N3O2S/c1-9-8-17-10(14-9)4-2-5-12-11(16)13-6-3-7-15/h8,15H,2-7H2,1H3,(H2,12,13,16). The number of rotatable bonds is 7. The molecule has 3 N–H and O–H groups in total. The van der Waals surface area contributed by atoms with Gasteiger partial charge in [-0.25, -0.2) is 9.78 Å². The number of hydrogen-bond donors (Lipinski definition) is 3. The van der Waals surface area contributed by atoms with Gasteiger partial charge in [0.2, 0.25) is 0 Å². The van der Waals surface area contributed by atoms with Gasteiger partial charge in [-0.15, -0.1) is 11.3 Å². The molecule has 1 aromatic heterocycles. The zero-order valence-corrected chi connectivity index (χ0v) is 10.8. The normalized spacial score (nSPS) is 10.2. The number of hydrogen-bond acceptors (Lipinski definition) is 4. The van der Waals surface area contributed by atoms with Gasteiger partial charge in [-0.1, -0.05) is 0 Å². The molecule has 0 unspecified atom stereocenters. The number of urea groups is 1. The third-order valence-corrected chi connectivity index (χ3v) is 3.17. The summed E-state index contributed by atoms with van der Waals surface area (Å²) in [7, 11) is 0. The topological polar surface area (TPSA) is 74.2 Å². The molecule has 17 heavy (non-hydrogen) atoms. The van der Waals surface area contributed by atoms with E-state index in [-0.39, 0.29) is 12.6 Å². The smallest absolute Gasteiger partial charge is 0.314 e. The highest BCUT2D eigenvalue weighted by atomic mass is 32.1. The minimum absolute atomic E-state index is 0.101. The summed E-state index contributed by atoms with van der Waals surface area (Å²) >= 11 is 1.66. The van der Waals surface area contributed by atoms with Crippen LogP contribution in [0.5, 0.6) is 0 Å². The van der Waals surface area contributed by atoms with Crippen molar-refractivity contribution in [2.45, 2.75) is 26.2 Å². The number of amides is 2. The number of aromatic nitrogens is 1. The average Bonchev–Trinajstić information content (AvgIpc) is 2.71. The Kier molecular flexibility index (Phi) is 6.57. The van der Waals surface area contributed by atoms with Crippen LogP contribution in [0.2, 0.25) is 0 Å². The lowest BCUT2D eigenvalue weighted by atomic mass is 10.3. The van der Waals surface area contributed by atoms with Crippen molar-refractivity contribution in [1.82, 2.24) is 15.6 Å². The Morgan fingerprint density at radius 2 is 2.12 bits per heavy atom. The van der Waals surface area contributed by atoms with Crippen molar-refractivity contribution < 1.29 is 9.90 Å². The fourth-order valence-corrected chi connectivity index (χ4v) is 2.12. The molecule has 6 heteroatoms. The molecule has 0 saturated carbocycles. The van der Waals surface area contributed by atoms with Crippen molar-refractivity contribution in [2.24, 2.45) is 0 Å². The molecule has 2 amide bonds. The van der Waals surface area contributed by atoms with E-state index in [4.69, 9.17) is 5.11 Å². The molecule has 0 fully saturated rings. The summed E-state index contributed by atoms with van der Waals surface area (Å²) in [6.07, 6.45) is 2.38. The molecule has 0 aliphatic rings. The molecule has 0 bridgehead atoms. The minimum Gasteiger partial charge on any atom is -0.396 e. The second kappa shape index (κ2) is 8.03. The van der Waals surface area contributed by atoms with Crippen LogP contribution in [0.3, 0.4) is 0 Å². The number of nitrogens with zero attached hydrogens (tertiary/aromatic N) is 1. The molecule has 1 heterocycles. The van der Waals surface area contributed by atoms with E-state index in [9.17, 15) is 4.79 Å². The molecule has 0 atom stereocenters. The summed E-state index contributed by atoms with van der Waals surface area (Å²) in [5.41, 5.74) is 1.06. The first kappa shape index (κ1) is 13.9. The van der Waals surface area contributed by atoms with Crippen LogP contribution in [0, 0.1) is 6.92 Å². The first-order chi connectivity index (χ1) is 8.22. The average molecular weight is 257 g/mol. The molecule has 0 aromatic carbocycles. The predicted octanol–water partition coefficient (Wildman–Crippen LogP) is 1.07. The third kappa shape index (κ3) is 6.23. The first-order valence-electron chi connectivity index (χ1n) is 5.76. The largest absolute Gasteiger partial charge is 0.396 e. The lowest BCUT2D eigenvalue weighted by molar-refractivity contribution is 0.238. The van der Waals surface area contributed by atoms with Crippen molar-refractivity contribution in [2.75, 3.05) is 19.7 Å². The summed E-state index contributed by atoms with van der Waals surface area (Å²) in [6.45, 7) is 3.23. The second-order valence-electron chi connectivity index (χ2n) is 3.75. The molecule has 96 valence electrons. The lowest BCUT2D eigenvalue weighted by Crippen LogP contribution is -2.36. The number of thiazole rings is 1. The highest BCUT2D eigenvalue weighted by Gasteiger charge is 2.00. The molecular weight excluding hydrogens is 238 g/mol. The van der Waals surface area contributed by atoms with Crippen molar-refractivity contribution in [3.63, 3.8) is 0 Å². The Hall–Kier alpha value is -1.14. The van der Waals surface area contributed by atoms with E-state index in [1.165, 1.54) is 0 Å². The van der Waals surface area contributed by atoms with Crippen LogP contribution in [0.25, 0.3) is 0 Å². The van der Waals surface area contributed by atoms with Gasteiger partial charge in [-0.3, -0.25) is 0 Å². The van der Waals surface area contributed by atoms with Gasteiger partial charge in [0.15, 0.2) is 0 Å². The zero-order valence-electron chi connectivity index (χ0n) is 10.0.